The summed E-state index contributed by atoms with van der Waals surface area (Å²) in [6.07, 6.45) is 1.81. The molecule has 2 aromatic rings. The molecule has 0 aliphatic carbocycles. The van der Waals surface area contributed by atoms with E-state index in [2.05, 4.69) is 20.9 Å². The van der Waals surface area contributed by atoms with Gasteiger partial charge in [0.15, 0.2) is 0 Å². The summed E-state index contributed by atoms with van der Waals surface area (Å²) in [4.78, 5) is 4.12. The third-order valence-electron chi connectivity index (χ3n) is 1.87. The lowest BCUT2D eigenvalue weighted by molar-refractivity contribution is 0.399. The van der Waals surface area contributed by atoms with Gasteiger partial charge in [0.05, 0.1) is 7.11 Å². The SMILES string of the molecule is COc1cc2cc(Br)ccc2cn1. The fraction of sp³-hybridized carbons (Fsp3) is 0.100. The molecule has 0 spiro atoms. The first kappa shape index (κ1) is 8.51. The van der Waals surface area contributed by atoms with Crippen LogP contribution >= 0.6 is 15.9 Å². The molecule has 1 heterocycles. The Morgan fingerprint density at radius 2 is 2.08 bits per heavy atom. The van der Waals surface area contributed by atoms with E-state index < -0.39 is 0 Å². The van der Waals surface area contributed by atoms with Crippen molar-refractivity contribution in [2.24, 2.45) is 0 Å². The third-order valence-corrected chi connectivity index (χ3v) is 2.36. The van der Waals surface area contributed by atoms with Crippen molar-refractivity contribution < 1.29 is 4.74 Å². The molecule has 0 unspecified atom stereocenters. The van der Waals surface area contributed by atoms with Crippen LogP contribution in [0.1, 0.15) is 0 Å². The van der Waals surface area contributed by atoms with Crippen LogP contribution in [0.4, 0.5) is 0 Å². The highest BCUT2D eigenvalue weighted by Gasteiger charge is 1.97. The zero-order chi connectivity index (χ0) is 9.26. The zero-order valence-electron chi connectivity index (χ0n) is 7.12. The van der Waals surface area contributed by atoms with E-state index in [1.165, 1.54) is 0 Å². The Bertz CT molecular complexity index is 442. The Morgan fingerprint density at radius 3 is 2.85 bits per heavy atom. The van der Waals surface area contributed by atoms with Crippen LogP contribution in [0.15, 0.2) is 34.9 Å². The molecule has 0 aliphatic heterocycles. The van der Waals surface area contributed by atoms with Gasteiger partial charge in [-0.3, -0.25) is 0 Å². The molecule has 0 fully saturated rings. The summed E-state index contributed by atoms with van der Waals surface area (Å²) in [6, 6.07) is 7.97. The van der Waals surface area contributed by atoms with Crippen molar-refractivity contribution >= 4 is 26.7 Å². The van der Waals surface area contributed by atoms with Gasteiger partial charge in [0.2, 0.25) is 5.88 Å². The second-order valence-corrected chi connectivity index (χ2v) is 3.63. The van der Waals surface area contributed by atoms with E-state index in [0.29, 0.717) is 5.88 Å². The summed E-state index contributed by atoms with van der Waals surface area (Å²) in [5.41, 5.74) is 0. The summed E-state index contributed by atoms with van der Waals surface area (Å²) in [7, 11) is 1.62. The van der Waals surface area contributed by atoms with E-state index in [0.717, 1.165) is 15.2 Å². The molecule has 13 heavy (non-hydrogen) atoms. The van der Waals surface area contributed by atoms with E-state index in [4.69, 9.17) is 4.74 Å². The summed E-state index contributed by atoms with van der Waals surface area (Å²) in [5, 5.41) is 2.24. The summed E-state index contributed by atoms with van der Waals surface area (Å²) in [6.45, 7) is 0. The molecule has 0 radical (unpaired) electrons. The van der Waals surface area contributed by atoms with Crippen molar-refractivity contribution in [3.8, 4) is 5.88 Å². The molecule has 1 aromatic carbocycles. The topological polar surface area (TPSA) is 22.1 Å². The lowest BCUT2D eigenvalue weighted by atomic mass is 10.2. The van der Waals surface area contributed by atoms with Crippen LogP contribution < -0.4 is 4.74 Å². The van der Waals surface area contributed by atoms with Crippen LogP contribution in [0, 0.1) is 0 Å². The Labute approximate surface area is 84.7 Å². The van der Waals surface area contributed by atoms with E-state index in [1.807, 2.05) is 24.3 Å². The Balaban J connectivity index is 2.68. The van der Waals surface area contributed by atoms with Gasteiger partial charge < -0.3 is 4.74 Å². The molecule has 66 valence electrons. The molecule has 0 N–H and O–H groups in total. The maximum absolute atomic E-state index is 5.04. The molecular weight excluding hydrogens is 230 g/mol. The lowest BCUT2D eigenvalue weighted by Gasteiger charge is -2.01. The summed E-state index contributed by atoms with van der Waals surface area (Å²) >= 11 is 3.42. The summed E-state index contributed by atoms with van der Waals surface area (Å²) < 4.78 is 6.10. The molecule has 2 rings (SSSR count). The van der Waals surface area contributed by atoms with Crippen LogP contribution in [-0.4, -0.2) is 12.1 Å². The number of benzene rings is 1. The quantitative estimate of drug-likeness (QED) is 0.761. The molecule has 0 amide bonds. The van der Waals surface area contributed by atoms with Gasteiger partial charge in [-0.15, -0.1) is 0 Å². The van der Waals surface area contributed by atoms with Gasteiger partial charge in [-0.25, -0.2) is 4.98 Å². The fourth-order valence-corrected chi connectivity index (χ4v) is 1.58. The number of hydrogen-bond acceptors (Lipinski definition) is 2. The molecule has 0 saturated carbocycles. The van der Waals surface area contributed by atoms with Crippen LogP contribution in [0.5, 0.6) is 5.88 Å². The van der Waals surface area contributed by atoms with E-state index >= 15 is 0 Å². The van der Waals surface area contributed by atoms with Gasteiger partial charge >= 0.3 is 0 Å². The van der Waals surface area contributed by atoms with E-state index in [1.54, 1.807) is 13.3 Å². The first-order chi connectivity index (χ1) is 6.29. The molecule has 0 saturated heterocycles. The highest BCUT2D eigenvalue weighted by atomic mass is 79.9. The van der Waals surface area contributed by atoms with Crippen LogP contribution in [-0.2, 0) is 0 Å². The number of fused-ring (bicyclic) bond motifs is 1. The normalized spacial score (nSPS) is 10.3. The average Bonchev–Trinajstić information content (AvgIpc) is 2.16. The molecular formula is C10H8BrNO. The zero-order valence-corrected chi connectivity index (χ0v) is 8.71. The molecule has 3 heteroatoms. The Hall–Kier alpha value is -1.09. The molecule has 0 aliphatic rings. The maximum atomic E-state index is 5.04. The van der Waals surface area contributed by atoms with Gasteiger partial charge in [0, 0.05) is 22.1 Å². The number of ether oxygens (including phenoxy) is 1. The number of pyridine rings is 1. The molecule has 1 aromatic heterocycles. The van der Waals surface area contributed by atoms with Crippen molar-refractivity contribution in [1.29, 1.82) is 0 Å². The van der Waals surface area contributed by atoms with Crippen molar-refractivity contribution in [2.75, 3.05) is 7.11 Å². The van der Waals surface area contributed by atoms with Crippen LogP contribution in [0.2, 0.25) is 0 Å². The van der Waals surface area contributed by atoms with Crippen molar-refractivity contribution in [3.63, 3.8) is 0 Å². The number of aromatic nitrogens is 1. The van der Waals surface area contributed by atoms with Gasteiger partial charge in [-0.2, -0.15) is 0 Å². The van der Waals surface area contributed by atoms with Gasteiger partial charge in [0.25, 0.3) is 0 Å². The van der Waals surface area contributed by atoms with Crippen molar-refractivity contribution in [3.05, 3.63) is 34.9 Å². The highest BCUT2D eigenvalue weighted by Crippen LogP contribution is 2.21. The molecule has 0 bridgehead atoms. The van der Waals surface area contributed by atoms with E-state index in [-0.39, 0.29) is 0 Å². The molecule has 0 atom stereocenters. The minimum absolute atomic E-state index is 0.644. The predicted molar refractivity (Wildman–Crippen MR) is 56.0 cm³/mol. The number of methoxy groups -OCH3 is 1. The van der Waals surface area contributed by atoms with Crippen LogP contribution in [0.25, 0.3) is 10.8 Å². The first-order valence-electron chi connectivity index (χ1n) is 3.89. The largest absolute Gasteiger partial charge is 0.481 e. The second kappa shape index (κ2) is 3.34. The second-order valence-electron chi connectivity index (χ2n) is 2.72. The van der Waals surface area contributed by atoms with Crippen molar-refractivity contribution in [2.45, 2.75) is 0 Å². The van der Waals surface area contributed by atoms with Crippen molar-refractivity contribution in [1.82, 2.24) is 4.98 Å². The van der Waals surface area contributed by atoms with E-state index in [9.17, 15) is 0 Å². The average molecular weight is 238 g/mol. The molecule has 2 nitrogen and oxygen atoms in total. The lowest BCUT2D eigenvalue weighted by Crippen LogP contribution is -1.86. The Morgan fingerprint density at radius 1 is 1.23 bits per heavy atom. The highest BCUT2D eigenvalue weighted by molar-refractivity contribution is 9.10. The predicted octanol–water partition coefficient (Wildman–Crippen LogP) is 3.01. The summed E-state index contributed by atoms with van der Waals surface area (Å²) in [5.74, 6) is 0.644. The van der Waals surface area contributed by atoms with Gasteiger partial charge in [-0.05, 0) is 17.5 Å². The van der Waals surface area contributed by atoms with Gasteiger partial charge in [-0.1, -0.05) is 22.0 Å². The number of nitrogens with zero attached hydrogens (tertiary/aromatic N) is 1. The first-order valence-corrected chi connectivity index (χ1v) is 4.68. The number of halogens is 1. The minimum Gasteiger partial charge on any atom is -0.481 e. The number of hydrogen-bond donors (Lipinski definition) is 0. The monoisotopic (exact) mass is 237 g/mol. The minimum atomic E-state index is 0.644. The fourth-order valence-electron chi connectivity index (χ4n) is 1.20. The Kier molecular flexibility index (Phi) is 2.19. The standard InChI is InChI=1S/C10H8BrNO/c1-13-10-5-8-4-9(11)3-2-7(8)6-12-10/h2-6H,1H3. The third kappa shape index (κ3) is 1.65. The smallest absolute Gasteiger partial charge is 0.213 e. The van der Waals surface area contributed by atoms with Gasteiger partial charge in [0.1, 0.15) is 0 Å². The van der Waals surface area contributed by atoms with Crippen LogP contribution in [0.3, 0.4) is 0 Å². The maximum Gasteiger partial charge on any atom is 0.213 e. The number of rotatable bonds is 1.